The van der Waals surface area contributed by atoms with Crippen LogP contribution in [0, 0.1) is 6.92 Å². The predicted octanol–water partition coefficient (Wildman–Crippen LogP) is 8.68. The molecule has 10 heteroatoms. The Labute approximate surface area is 251 Å². The summed E-state index contributed by atoms with van der Waals surface area (Å²) in [6, 6.07) is 29.7. The van der Waals surface area contributed by atoms with Gasteiger partial charge in [-0.2, -0.15) is 8.78 Å². The maximum atomic E-state index is 12.9. The van der Waals surface area contributed by atoms with Gasteiger partial charge < -0.3 is 19.3 Å². The van der Waals surface area contributed by atoms with E-state index < -0.39 is 19.2 Å². The minimum absolute atomic E-state index is 0.0646. The maximum Gasteiger partial charge on any atom is 0.387 e. The number of hydrogen-bond acceptors (Lipinski definition) is 6. The lowest BCUT2D eigenvalue weighted by atomic mass is 10.0. The number of carboxylic acid groups (broad SMARTS) is 1. The molecule has 0 saturated carbocycles. The number of aliphatic carboxylic acids is 1. The third-order valence-corrected chi connectivity index (χ3v) is 7.20. The van der Waals surface area contributed by atoms with Crippen LogP contribution in [0.25, 0.3) is 32.8 Å². The highest BCUT2D eigenvalue weighted by atomic mass is 32.1. The van der Waals surface area contributed by atoms with Crippen molar-refractivity contribution in [2.75, 3.05) is 13.8 Å². The van der Waals surface area contributed by atoms with Gasteiger partial charge in [-0.3, -0.25) is 4.39 Å². The Morgan fingerprint density at radius 3 is 2.16 bits per heavy atom. The monoisotopic (exact) mass is 607 g/mol. The molecule has 0 bridgehead atoms. The standard InChI is InChI=1S/C32H25F2NO5S.CH3F/c1-20-16-25(14-15-27(20)39-19-29(36)37)38-18-28-35-30(23-12-10-22(11-13-23)21-6-3-2-4-7-21)31(41-28)24-8-5-9-26(17-24)40-32(33)34;1-2/h2-17,32H,18-19H2,1H3,(H,36,37);1H3. The molecule has 0 amide bonds. The van der Waals surface area contributed by atoms with E-state index in [0.29, 0.717) is 34.9 Å². The molecule has 0 aliphatic rings. The molecule has 1 aromatic heterocycles. The molecule has 0 saturated heterocycles. The Hall–Kier alpha value is -4.83. The number of benzene rings is 4. The van der Waals surface area contributed by atoms with E-state index in [0.717, 1.165) is 27.1 Å². The second-order valence-corrected chi connectivity index (χ2v) is 10.1. The highest BCUT2D eigenvalue weighted by Gasteiger charge is 2.17. The Balaban J connectivity index is 0.00000207. The van der Waals surface area contributed by atoms with Gasteiger partial charge >= 0.3 is 12.6 Å². The summed E-state index contributed by atoms with van der Waals surface area (Å²) >= 11 is 1.40. The Morgan fingerprint density at radius 2 is 1.49 bits per heavy atom. The van der Waals surface area contributed by atoms with Crippen molar-refractivity contribution >= 4 is 17.3 Å². The molecular formula is C33H28F3NO5S. The van der Waals surface area contributed by atoms with Gasteiger partial charge in [-0.15, -0.1) is 11.3 Å². The number of nitrogens with zero attached hydrogens (tertiary/aromatic N) is 1. The van der Waals surface area contributed by atoms with E-state index in [4.69, 9.17) is 19.6 Å². The van der Waals surface area contributed by atoms with Crippen LogP contribution in [-0.2, 0) is 11.4 Å². The lowest BCUT2D eigenvalue weighted by Crippen LogP contribution is -2.10. The Morgan fingerprint density at radius 1 is 0.814 bits per heavy atom. The van der Waals surface area contributed by atoms with Crippen molar-refractivity contribution in [3.05, 3.63) is 108 Å². The second-order valence-electron chi connectivity index (χ2n) is 9.03. The summed E-state index contributed by atoms with van der Waals surface area (Å²) < 4.78 is 51.2. The van der Waals surface area contributed by atoms with Crippen molar-refractivity contribution in [2.45, 2.75) is 20.1 Å². The SMILES string of the molecule is CF.Cc1cc(OCc2nc(-c3ccc(-c4ccccc4)cc3)c(-c3cccc(OC(F)F)c3)s2)ccc1OCC(=O)O. The molecule has 0 fully saturated rings. The van der Waals surface area contributed by atoms with Crippen LogP contribution in [0.15, 0.2) is 97.1 Å². The number of carbonyl (C=O) groups is 1. The van der Waals surface area contributed by atoms with Crippen LogP contribution in [0.2, 0.25) is 0 Å². The first kappa shape index (κ1) is 31.1. The zero-order valence-electron chi connectivity index (χ0n) is 23.3. The largest absolute Gasteiger partial charge is 0.486 e. The zero-order chi connectivity index (χ0) is 30.8. The van der Waals surface area contributed by atoms with Crippen LogP contribution in [0.5, 0.6) is 17.2 Å². The Kier molecular flexibility index (Phi) is 10.8. The van der Waals surface area contributed by atoms with Crippen molar-refractivity contribution in [1.82, 2.24) is 4.98 Å². The molecule has 222 valence electrons. The molecule has 0 unspecified atom stereocenters. The molecule has 0 atom stereocenters. The van der Waals surface area contributed by atoms with Gasteiger partial charge in [0.25, 0.3) is 0 Å². The van der Waals surface area contributed by atoms with Crippen LogP contribution in [-0.4, -0.2) is 36.5 Å². The number of ether oxygens (including phenoxy) is 3. The van der Waals surface area contributed by atoms with Crippen LogP contribution in [0.1, 0.15) is 10.6 Å². The highest BCUT2D eigenvalue weighted by Crippen LogP contribution is 2.39. The zero-order valence-corrected chi connectivity index (χ0v) is 24.1. The number of rotatable bonds is 11. The lowest BCUT2D eigenvalue weighted by Gasteiger charge is -2.09. The van der Waals surface area contributed by atoms with Gasteiger partial charge in [0.05, 0.1) is 17.7 Å². The van der Waals surface area contributed by atoms with Gasteiger partial charge in [0, 0.05) is 5.56 Å². The van der Waals surface area contributed by atoms with Crippen molar-refractivity contribution in [3.8, 4) is 50.1 Å². The smallest absolute Gasteiger partial charge is 0.387 e. The number of aromatic nitrogens is 1. The van der Waals surface area contributed by atoms with Gasteiger partial charge in [0.15, 0.2) is 6.61 Å². The fourth-order valence-electron chi connectivity index (χ4n) is 4.24. The summed E-state index contributed by atoms with van der Waals surface area (Å²) in [4.78, 5) is 16.5. The maximum absolute atomic E-state index is 12.9. The first-order valence-corrected chi connectivity index (χ1v) is 13.8. The normalized spacial score (nSPS) is 10.6. The number of hydrogen-bond donors (Lipinski definition) is 1. The summed E-state index contributed by atoms with van der Waals surface area (Å²) in [5.74, 6) is 0.0438. The van der Waals surface area contributed by atoms with Gasteiger partial charge in [-0.05, 0) is 59.5 Å². The van der Waals surface area contributed by atoms with E-state index in [1.54, 1.807) is 37.3 Å². The van der Waals surface area contributed by atoms with Gasteiger partial charge in [-0.1, -0.05) is 66.7 Å². The molecule has 1 N–H and O–H groups in total. The van der Waals surface area contributed by atoms with Gasteiger partial charge in [0.1, 0.15) is 28.9 Å². The van der Waals surface area contributed by atoms with Gasteiger partial charge in [0.2, 0.25) is 0 Å². The third kappa shape index (κ3) is 8.36. The fourth-order valence-corrected chi connectivity index (χ4v) is 5.24. The quantitative estimate of drug-likeness (QED) is 0.162. The molecule has 0 aliphatic carbocycles. The lowest BCUT2D eigenvalue weighted by molar-refractivity contribution is -0.139. The molecule has 6 nitrogen and oxygen atoms in total. The van der Waals surface area contributed by atoms with E-state index in [-0.39, 0.29) is 12.4 Å². The van der Waals surface area contributed by atoms with Crippen molar-refractivity contribution in [2.24, 2.45) is 0 Å². The summed E-state index contributed by atoms with van der Waals surface area (Å²) in [7, 11) is 0.500. The second kappa shape index (κ2) is 14.9. The highest BCUT2D eigenvalue weighted by molar-refractivity contribution is 7.15. The third-order valence-electron chi connectivity index (χ3n) is 6.12. The molecule has 5 aromatic rings. The molecule has 1 heterocycles. The number of carboxylic acids is 1. The Bertz CT molecular complexity index is 1640. The van der Waals surface area contributed by atoms with Crippen LogP contribution in [0.4, 0.5) is 13.2 Å². The average molecular weight is 608 g/mol. The van der Waals surface area contributed by atoms with E-state index in [2.05, 4.69) is 4.74 Å². The molecule has 0 spiro atoms. The van der Waals surface area contributed by atoms with Crippen molar-refractivity contribution in [1.29, 1.82) is 0 Å². The topological polar surface area (TPSA) is 77.9 Å². The van der Waals surface area contributed by atoms with Crippen LogP contribution >= 0.6 is 11.3 Å². The summed E-state index contributed by atoms with van der Waals surface area (Å²) in [6.07, 6.45) is 0. The van der Waals surface area contributed by atoms with E-state index >= 15 is 0 Å². The van der Waals surface area contributed by atoms with Crippen LogP contribution in [0.3, 0.4) is 0 Å². The predicted molar refractivity (Wildman–Crippen MR) is 161 cm³/mol. The van der Waals surface area contributed by atoms with E-state index in [1.807, 2.05) is 60.7 Å². The van der Waals surface area contributed by atoms with Gasteiger partial charge in [-0.25, -0.2) is 9.78 Å². The molecule has 4 aromatic carbocycles. The number of aryl methyl sites for hydroxylation is 1. The van der Waals surface area contributed by atoms with E-state index in [1.165, 1.54) is 17.4 Å². The molecule has 43 heavy (non-hydrogen) atoms. The average Bonchev–Trinajstić information content (AvgIpc) is 3.45. The number of halogens is 3. The minimum Gasteiger partial charge on any atom is -0.486 e. The number of alkyl halides is 3. The first-order valence-electron chi connectivity index (χ1n) is 13.0. The molecular weight excluding hydrogens is 579 g/mol. The number of thiazole rings is 1. The molecule has 0 aliphatic heterocycles. The minimum atomic E-state index is -2.93. The molecule has 5 rings (SSSR count). The first-order chi connectivity index (χ1) is 20.9. The van der Waals surface area contributed by atoms with Crippen LogP contribution < -0.4 is 14.2 Å². The summed E-state index contributed by atoms with van der Waals surface area (Å²) in [5.41, 5.74) is 5.17. The summed E-state index contributed by atoms with van der Waals surface area (Å²) in [5, 5.41) is 9.53. The van der Waals surface area contributed by atoms with Crippen molar-refractivity contribution in [3.63, 3.8) is 0 Å². The fraction of sp³-hybridized carbons (Fsp3) is 0.152. The van der Waals surface area contributed by atoms with Crippen molar-refractivity contribution < 1.29 is 37.3 Å². The summed E-state index contributed by atoms with van der Waals surface area (Å²) in [6.45, 7) is -1.38. The molecule has 0 radical (unpaired) electrons. The van der Waals surface area contributed by atoms with E-state index in [9.17, 15) is 18.0 Å².